The molecule has 0 bridgehead atoms. The largest absolute Gasteiger partial charge is 0.497 e. The third-order valence-corrected chi connectivity index (χ3v) is 4.75. The molecule has 1 aliphatic heterocycles. The molecule has 5 nitrogen and oxygen atoms in total. The molecule has 0 amide bonds. The number of hydrogen-bond acceptors (Lipinski definition) is 5. The maximum atomic E-state index is 13.8. The van der Waals surface area contributed by atoms with E-state index in [0.29, 0.717) is 22.6 Å². The summed E-state index contributed by atoms with van der Waals surface area (Å²) in [5.41, 5.74) is 1.45. The van der Waals surface area contributed by atoms with Crippen LogP contribution < -0.4 is 14.2 Å². The molecular formula is C24H17FO5. The summed E-state index contributed by atoms with van der Waals surface area (Å²) >= 11 is 0. The lowest BCUT2D eigenvalue weighted by Crippen LogP contribution is -2.11. The van der Waals surface area contributed by atoms with Gasteiger partial charge in [-0.15, -0.1) is 0 Å². The monoisotopic (exact) mass is 404 g/mol. The van der Waals surface area contributed by atoms with Gasteiger partial charge in [0, 0.05) is 5.56 Å². The lowest BCUT2D eigenvalue weighted by molar-refractivity contribution is 0.0728. The first-order chi connectivity index (χ1) is 14.5. The van der Waals surface area contributed by atoms with Gasteiger partial charge in [0.25, 0.3) is 0 Å². The predicted molar refractivity (Wildman–Crippen MR) is 108 cm³/mol. The molecule has 4 rings (SSSR count). The second-order valence-corrected chi connectivity index (χ2v) is 6.65. The fourth-order valence-electron chi connectivity index (χ4n) is 3.11. The number of ether oxygens (including phenoxy) is 3. The lowest BCUT2D eigenvalue weighted by atomic mass is 10.1. The van der Waals surface area contributed by atoms with Crippen molar-refractivity contribution in [2.45, 2.75) is 6.92 Å². The number of fused-ring (bicyclic) bond motifs is 1. The Balaban J connectivity index is 1.60. The number of allylic oxidation sites excluding steroid dienone is 1. The minimum absolute atomic E-state index is 0.163. The summed E-state index contributed by atoms with van der Waals surface area (Å²) < 4.78 is 30.1. The van der Waals surface area contributed by atoms with Crippen LogP contribution in [0.4, 0.5) is 4.39 Å². The molecule has 3 aromatic rings. The van der Waals surface area contributed by atoms with Gasteiger partial charge in [-0.3, -0.25) is 4.79 Å². The van der Waals surface area contributed by atoms with Gasteiger partial charge in [-0.05, 0) is 55.0 Å². The minimum Gasteiger partial charge on any atom is -0.497 e. The van der Waals surface area contributed by atoms with Gasteiger partial charge in [-0.25, -0.2) is 9.18 Å². The number of ketones is 1. The Morgan fingerprint density at radius 2 is 1.77 bits per heavy atom. The smallest absolute Gasteiger partial charge is 0.346 e. The molecule has 0 radical (unpaired) electrons. The molecule has 30 heavy (non-hydrogen) atoms. The molecule has 6 heteroatoms. The second kappa shape index (κ2) is 7.83. The van der Waals surface area contributed by atoms with Crippen LogP contribution in [0.2, 0.25) is 0 Å². The Labute approximate surface area is 172 Å². The topological polar surface area (TPSA) is 61.8 Å². The van der Waals surface area contributed by atoms with E-state index in [9.17, 15) is 14.0 Å². The van der Waals surface area contributed by atoms with Crippen molar-refractivity contribution < 1.29 is 28.2 Å². The number of carbonyl (C=O) groups is 2. The van der Waals surface area contributed by atoms with Crippen LogP contribution in [0, 0.1) is 12.7 Å². The van der Waals surface area contributed by atoms with E-state index in [4.69, 9.17) is 14.2 Å². The van der Waals surface area contributed by atoms with E-state index in [1.165, 1.54) is 30.3 Å². The molecule has 0 saturated carbocycles. The molecule has 150 valence electrons. The van der Waals surface area contributed by atoms with E-state index >= 15 is 0 Å². The minimum atomic E-state index is -0.825. The van der Waals surface area contributed by atoms with Crippen molar-refractivity contribution >= 4 is 17.8 Å². The summed E-state index contributed by atoms with van der Waals surface area (Å²) in [6, 6.07) is 15.8. The average molecular weight is 404 g/mol. The number of halogens is 1. The molecule has 3 aromatic carbocycles. The van der Waals surface area contributed by atoms with Gasteiger partial charge in [0.15, 0.2) is 5.76 Å². The Morgan fingerprint density at radius 3 is 2.47 bits per heavy atom. The maximum Gasteiger partial charge on any atom is 0.346 e. The number of methoxy groups -OCH3 is 1. The van der Waals surface area contributed by atoms with Crippen LogP contribution in [-0.4, -0.2) is 18.9 Å². The van der Waals surface area contributed by atoms with Crippen molar-refractivity contribution in [2.75, 3.05) is 7.11 Å². The van der Waals surface area contributed by atoms with E-state index in [1.807, 2.05) is 0 Å². The Hall–Kier alpha value is -3.93. The SMILES string of the molecule is COc1ccc(/C=C2\Oc3c(ccc(OC(=O)c4ccccc4F)c3C)C2=O)cc1. The van der Waals surface area contributed by atoms with Gasteiger partial charge in [-0.1, -0.05) is 24.3 Å². The number of rotatable bonds is 4. The van der Waals surface area contributed by atoms with Crippen molar-refractivity contribution in [1.29, 1.82) is 0 Å². The van der Waals surface area contributed by atoms with Crippen LogP contribution in [0.3, 0.4) is 0 Å². The quantitative estimate of drug-likeness (QED) is 0.349. The van der Waals surface area contributed by atoms with Crippen LogP contribution >= 0.6 is 0 Å². The third-order valence-electron chi connectivity index (χ3n) is 4.75. The van der Waals surface area contributed by atoms with Crippen molar-refractivity contribution in [3.05, 3.63) is 94.5 Å². The Bertz CT molecular complexity index is 1180. The molecule has 0 unspecified atom stereocenters. The van der Waals surface area contributed by atoms with Crippen molar-refractivity contribution in [3.63, 3.8) is 0 Å². The van der Waals surface area contributed by atoms with E-state index in [2.05, 4.69) is 0 Å². The average Bonchev–Trinajstić information content (AvgIpc) is 3.07. The number of benzene rings is 3. The molecule has 0 N–H and O–H groups in total. The fraction of sp³-hybridized carbons (Fsp3) is 0.0833. The summed E-state index contributed by atoms with van der Waals surface area (Å²) in [6.07, 6.45) is 1.63. The summed E-state index contributed by atoms with van der Waals surface area (Å²) in [7, 11) is 1.58. The highest BCUT2D eigenvalue weighted by Gasteiger charge is 2.30. The molecule has 0 spiro atoms. The lowest BCUT2D eigenvalue weighted by Gasteiger charge is -2.10. The van der Waals surface area contributed by atoms with Crippen LogP contribution in [0.5, 0.6) is 17.2 Å². The number of hydrogen-bond donors (Lipinski definition) is 0. The summed E-state index contributed by atoms with van der Waals surface area (Å²) in [5, 5.41) is 0. The molecule has 0 aliphatic carbocycles. The fourth-order valence-corrected chi connectivity index (χ4v) is 3.11. The van der Waals surface area contributed by atoms with Gasteiger partial charge in [0.05, 0.1) is 18.2 Å². The van der Waals surface area contributed by atoms with Crippen LogP contribution in [0.25, 0.3) is 6.08 Å². The predicted octanol–water partition coefficient (Wildman–Crippen LogP) is 4.98. The zero-order valence-electron chi connectivity index (χ0n) is 16.3. The molecule has 1 aliphatic rings. The van der Waals surface area contributed by atoms with Gasteiger partial charge in [0.1, 0.15) is 23.1 Å². The van der Waals surface area contributed by atoms with Crippen LogP contribution in [0.15, 0.2) is 66.4 Å². The number of carbonyl (C=O) groups excluding carboxylic acids is 2. The zero-order chi connectivity index (χ0) is 21.3. The van der Waals surface area contributed by atoms with Crippen molar-refractivity contribution in [2.24, 2.45) is 0 Å². The summed E-state index contributed by atoms with van der Waals surface area (Å²) in [6.45, 7) is 1.67. The van der Waals surface area contributed by atoms with Gasteiger partial charge in [0.2, 0.25) is 5.78 Å². The molecule has 1 heterocycles. The highest BCUT2D eigenvalue weighted by atomic mass is 19.1. The van der Waals surface area contributed by atoms with Crippen molar-refractivity contribution in [3.8, 4) is 17.2 Å². The van der Waals surface area contributed by atoms with Crippen molar-refractivity contribution in [1.82, 2.24) is 0 Å². The number of Topliss-reactive ketones (excluding diaryl/α,β-unsaturated/α-hetero) is 1. The first-order valence-corrected chi connectivity index (χ1v) is 9.16. The third kappa shape index (κ3) is 3.55. The molecular weight excluding hydrogens is 387 g/mol. The highest BCUT2D eigenvalue weighted by Crippen LogP contribution is 2.39. The second-order valence-electron chi connectivity index (χ2n) is 6.65. The van der Waals surface area contributed by atoms with E-state index in [-0.39, 0.29) is 22.9 Å². The van der Waals surface area contributed by atoms with Gasteiger partial charge >= 0.3 is 5.97 Å². The number of esters is 1. The molecule has 0 atom stereocenters. The normalized spacial score (nSPS) is 13.7. The van der Waals surface area contributed by atoms with Crippen LogP contribution in [0.1, 0.15) is 31.8 Å². The Morgan fingerprint density at radius 1 is 1.03 bits per heavy atom. The highest BCUT2D eigenvalue weighted by molar-refractivity contribution is 6.15. The maximum absolute atomic E-state index is 13.8. The molecule has 0 aromatic heterocycles. The van der Waals surface area contributed by atoms with Gasteiger partial charge in [-0.2, -0.15) is 0 Å². The molecule has 0 fully saturated rings. The van der Waals surface area contributed by atoms with E-state index in [1.54, 1.807) is 50.4 Å². The summed E-state index contributed by atoms with van der Waals surface area (Å²) in [5.74, 6) is -0.381. The standard InChI is InChI=1S/C24H17FO5/c1-14-20(30-24(27)17-5-3-4-6-19(17)25)12-11-18-22(26)21(29-23(14)18)13-15-7-9-16(28-2)10-8-15/h3-13H,1-2H3/b21-13-. The zero-order valence-corrected chi connectivity index (χ0v) is 16.3. The molecule has 0 saturated heterocycles. The van der Waals surface area contributed by atoms with Crippen LogP contribution in [-0.2, 0) is 0 Å². The van der Waals surface area contributed by atoms with E-state index < -0.39 is 11.8 Å². The first kappa shape index (κ1) is 19.4. The van der Waals surface area contributed by atoms with E-state index in [0.717, 1.165) is 5.56 Å². The first-order valence-electron chi connectivity index (χ1n) is 9.16. The Kier molecular flexibility index (Phi) is 5.06. The van der Waals surface area contributed by atoms with Gasteiger partial charge < -0.3 is 14.2 Å². The summed E-state index contributed by atoms with van der Waals surface area (Å²) in [4.78, 5) is 25.0.